The fourth-order valence-corrected chi connectivity index (χ4v) is 6.26. The van der Waals surface area contributed by atoms with E-state index in [-0.39, 0.29) is 0 Å². The molecule has 0 fully saturated rings. The van der Waals surface area contributed by atoms with Crippen LogP contribution >= 0.6 is 0 Å². The van der Waals surface area contributed by atoms with Gasteiger partial charge >= 0.3 is 0 Å². The van der Waals surface area contributed by atoms with E-state index in [0.29, 0.717) is 17.5 Å². The summed E-state index contributed by atoms with van der Waals surface area (Å²) in [7, 11) is 0. The molecule has 0 spiro atoms. The van der Waals surface area contributed by atoms with Crippen LogP contribution < -0.4 is 0 Å². The van der Waals surface area contributed by atoms with Gasteiger partial charge < -0.3 is 4.42 Å². The van der Waals surface area contributed by atoms with E-state index in [1.165, 1.54) is 10.9 Å². The Labute approximate surface area is 259 Å². The molecule has 45 heavy (non-hydrogen) atoms. The van der Waals surface area contributed by atoms with E-state index in [1.807, 2.05) is 24.3 Å². The quantitative estimate of drug-likeness (QED) is 0.209. The van der Waals surface area contributed by atoms with Crippen LogP contribution in [0.1, 0.15) is 0 Å². The van der Waals surface area contributed by atoms with E-state index in [9.17, 15) is 0 Å². The highest BCUT2D eigenvalue weighted by atomic mass is 16.3. The predicted molar refractivity (Wildman–Crippen MR) is 184 cm³/mol. The van der Waals surface area contributed by atoms with Crippen LogP contribution in [0.3, 0.4) is 0 Å². The first-order valence-corrected chi connectivity index (χ1v) is 15.0. The van der Waals surface area contributed by atoms with Gasteiger partial charge in [-0.05, 0) is 45.5 Å². The topological polar surface area (TPSA) is 51.8 Å². The summed E-state index contributed by atoms with van der Waals surface area (Å²) in [6.07, 6.45) is 0. The van der Waals surface area contributed by atoms with Gasteiger partial charge in [0.25, 0.3) is 0 Å². The van der Waals surface area contributed by atoms with Gasteiger partial charge in [0.2, 0.25) is 0 Å². The van der Waals surface area contributed by atoms with Crippen molar-refractivity contribution in [1.29, 1.82) is 0 Å². The third kappa shape index (κ3) is 4.35. The number of aromatic nitrogens is 3. The summed E-state index contributed by atoms with van der Waals surface area (Å²) in [6.45, 7) is 0. The lowest BCUT2D eigenvalue weighted by Gasteiger charge is -2.11. The van der Waals surface area contributed by atoms with Gasteiger partial charge in [0.15, 0.2) is 17.5 Å². The molecule has 0 amide bonds. The maximum Gasteiger partial charge on any atom is 0.164 e. The van der Waals surface area contributed by atoms with Crippen molar-refractivity contribution in [3.8, 4) is 45.3 Å². The molecule has 9 rings (SSSR count). The highest BCUT2D eigenvalue weighted by Crippen LogP contribution is 2.38. The zero-order chi connectivity index (χ0) is 29.7. The first-order chi connectivity index (χ1) is 22.3. The lowest BCUT2D eigenvalue weighted by Crippen LogP contribution is -2.00. The summed E-state index contributed by atoms with van der Waals surface area (Å²) in [5.41, 5.74) is 6.87. The van der Waals surface area contributed by atoms with E-state index >= 15 is 0 Å². The molecule has 0 aliphatic heterocycles. The van der Waals surface area contributed by atoms with Crippen LogP contribution in [0.15, 0.2) is 156 Å². The van der Waals surface area contributed by atoms with E-state index in [1.54, 1.807) is 0 Å². The second kappa shape index (κ2) is 10.2. The van der Waals surface area contributed by atoms with Gasteiger partial charge in [-0.2, -0.15) is 0 Å². The first kappa shape index (κ1) is 25.4. The van der Waals surface area contributed by atoms with Crippen LogP contribution in [0, 0.1) is 0 Å². The fraction of sp³-hybridized carbons (Fsp3) is 0. The Morgan fingerprint density at radius 2 is 0.956 bits per heavy atom. The first-order valence-electron chi connectivity index (χ1n) is 15.0. The van der Waals surface area contributed by atoms with Gasteiger partial charge in [-0.1, -0.05) is 133 Å². The van der Waals surface area contributed by atoms with Crippen LogP contribution in [0.4, 0.5) is 0 Å². The number of benzene rings is 7. The molecule has 210 valence electrons. The molecule has 4 heteroatoms. The van der Waals surface area contributed by atoms with Crippen LogP contribution in [-0.4, -0.2) is 15.0 Å². The lowest BCUT2D eigenvalue weighted by atomic mass is 10.0. The number of para-hydroxylation sites is 1. The van der Waals surface area contributed by atoms with Gasteiger partial charge in [-0.25, -0.2) is 15.0 Å². The largest absolute Gasteiger partial charge is 0.455 e. The summed E-state index contributed by atoms with van der Waals surface area (Å²) in [5.74, 6) is 1.88. The average molecular weight is 576 g/mol. The molecule has 0 atom stereocenters. The van der Waals surface area contributed by atoms with Crippen molar-refractivity contribution in [3.63, 3.8) is 0 Å². The second-order valence-electron chi connectivity index (χ2n) is 11.3. The van der Waals surface area contributed by atoms with Crippen molar-refractivity contribution in [2.24, 2.45) is 0 Å². The molecule has 0 bridgehead atoms. The molecule has 9 aromatic rings. The Balaban J connectivity index is 1.25. The number of rotatable bonds is 4. The molecule has 0 aliphatic carbocycles. The summed E-state index contributed by atoms with van der Waals surface area (Å²) in [5, 5.41) is 6.59. The van der Waals surface area contributed by atoms with Gasteiger partial charge in [-0.3, -0.25) is 0 Å². The summed E-state index contributed by atoms with van der Waals surface area (Å²) < 4.78 is 6.38. The Hall–Kier alpha value is -6.13. The molecule has 4 nitrogen and oxygen atoms in total. The molecule has 0 N–H and O–H groups in total. The highest BCUT2D eigenvalue weighted by molar-refractivity contribution is 6.17. The number of hydrogen-bond donors (Lipinski definition) is 0. The monoisotopic (exact) mass is 575 g/mol. The summed E-state index contributed by atoms with van der Waals surface area (Å²) >= 11 is 0. The molecule has 2 aromatic heterocycles. The van der Waals surface area contributed by atoms with Crippen molar-refractivity contribution in [3.05, 3.63) is 152 Å². The van der Waals surface area contributed by atoms with Crippen molar-refractivity contribution in [1.82, 2.24) is 15.0 Å². The summed E-state index contributed by atoms with van der Waals surface area (Å²) in [4.78, 5) is 15.2. The Morgan fingerprint density at radius 3 is 1.82 bits per heavy atom. The van der Waals surface area contributed by atoms with E-state index in [4.69, 9.17) is 19.4 Å². The molecule has 0 radical (unpaired) electrons. The van der Waals surface area contributed by atoms with Gasteiger partial charge in [0, 0.05) is 32.8 Å². The third-order valence-corrected chi connectivity index (χ3v) is 8.54. The smallest absolute Gasteiger partial charge is 0.164 e. The molecular weight excluding hydrogens is 550 g/mol. The fourth-order valence-electron chi connectivity index (χ4n) is 6.26. The maximum atomic E-state index is 6.38. The molecule has 0 saturated carbocycles. The number of nitrogens with zero attached hydrogens (tertiary/aromatic N) is 3. The number of fused-ring (bicyclic) bond motifs is 6. The molecule has 0 aliphatic rings. The van der Waals surface area contributed by atoms with Gasteiger partial charge in [-0.15, -0.1) is 0 Å². The zero-order valence-electron chi connectivity index (χ0n) is 24.2. The molecule has 7 aromatic carbocycles. The van der Waals surface area contributed by atoms with Gasteiger partial charge in [0.05, 0.1) is 0 Å². The number of furan rings is 1. The zero-order valence-corrected chi connectivity index (χ0v) is 24.2. The third-order valence-electron chi connectivity index (χ3n) is 8.54. The minimum Gasteiger partial charge on any atom is -0.455 e. The molecule has 2 heterocycles. The lowest BCUT2D eigenvalue weighted by molar-refractivity contribution is 0.672. The van der Waals surface area contributed by atoms with E-state index in [0.717, 1.165) is 60.4 Å². The Bertz CT molecular complexity index is 2530. The SMILES string of the molecule is c1ccc(-c2ccc(-c3nc(-c4ccc5ccccc5c4)nc(-c4cccc5c4ccc4c6ccccc6oc54)n3)cc2)cc1. The van der Waals surface area contributed by atoms with Crippen LogP contribution in [0.5, 0.6) is 0 Å². The van der Waals surface area contributed by atoms with Crippen molar-refractivity contribution in [2.45, 2.75) is 0 Å². The van der Waals surface area contributed by atoms with Crippen LogP contribution in [-0.2, 0) is 0 Å². The minimum atomic E-state index is 0.622. The maximum absolute atomic E-state index is 6.38. The van der Waals surface area contributed by atoms with E-state index < -0.39 is 0 Å². The minimum absolute atomic E-state index is 0.622. The standard InChI is InChI=1S/C41H25N3O/c1-2-9-26(10-3-1)28-17-20-29(21-18-28)39-42-40(31-22-19-27-11-4-5-12-30(27)25-31)44-41(43-39)36-15-8-14-34-32(36)23-24-35-33-13-6-7-16-37(33)45-38(34)35/h1-25H. The second-order valence-corrected chi connectivity index (χ2v) is 11.3. The van der Waals surface area contributed by atoms with Crippen LogP contribution in [0.2, 0.25) is 0 Å². The molecular formula is C41H25N3O. The van der Waals surface area contributed by atoms with Crippen molar-refractivity contribution in [2.75, 3.05) is 0 Å². The number of hydrogen-bond acceptors (Lipinski definition) is 4. The molecule has 0 unspecified atom stereocenters. The van der Waals surface area contributed by atoms with Gasteiger partial charge in [0.1, 0.15) is 11.2 Å². The Morgan fingerprint density at radius 1 is 0.356 bits per heavy atom. The van der Waals surface area contributed by atoms with Crippen LogP contribution in [0.25, 0.3) is 88.8 Å². The van der Waals surface area contributed by atoms with Crippen molar-refractivity contribution >= 4 is 43.5 Å². The summed E-state index contributed by atoms with van der Waals surface area (Å²) in [6, 6.07) is 52.2. The predicted octanol–water partition coefficient (Wildman–Crippen LogP) is 10.7. The molecule has 0 saturated heterocycles. The van der Waals surface area contributed by atoms with Crippen molar-refractivity contribution < 1.29 is 4.42 Å². The van der Waals surface area contributed by atoms with E-state index in [2.05, 4.69) is 127 Å². The Kier molecular flexibility index (Phi) is 5.78. The average Bonchev–Trinajstić information content (AvgIpc) is 3.51. The highest BCUT2D eigenvalue weighted by Gasteiger charge is 2.17. The normalized spacial score (nSPS) is 11.6.